The number of ether oxygens (including phenoxy) is 2. The molecule has 2 N–H and O–H groups in total. The van der Waals surface area contributed by atoms with E-state index in [1.54, 1.807) is 6.08 Å². The van der Waals surface area contributed by atoms with E-state index in [1.807, 2.05) is 36.5 Å². The summed E-state index contributed by atoms with van der Waals surface area (Å²) in [6.45, 7) is 2.93. The van der Waals surface area contributed by atoms with Gasteiger partial charge in [-0.1, -0.05) is 68.4 Å². The Morgan fingerprint density at radius 1 is 0.968 bits per heavy atom. The Bertz CT molecular complexity index is 577. The Kier molecular flexibility index (Phi) is 19.6. The summed E-state index contributed by atoms with van der Waals surface area (Å²) in [6.07, 6.45) is 22.3. The zero-order chi connectivity index (χ0) is 23.2. The van der Waals surface area contributed by atoms with Gasteiger partial charge in [-0.2, -0.15) is 0 Å². The fourth-order valence-electron chi connectivity index (χ4n) is 2.53. The molecule has 2 atom stereocenters. The van der Waals surface area contributed by atoms with Crippen molar-refractivity contribution < 1.29 is 29.3 Å². The van der Waals surface area contributed by atoms with Gasteiger partial charge in [0.05, 0.1) is 12.7 Å². The molecule has 6 heteroatoms. The number of carbonyl (C=O) groups is 2. The number of unbranched alkanes of at least 4 members (excludes halogenated alkanes) is 4. The van der Waals surface area contributed by atoms with Crippen molar-refractivity contribution in [3.8, 4) is 0 Å². The molecule has 0 heterocycles. The van der Waals surface area contributed by atoms with Crippen LogP contribution in [0.5, 0.6) is 0 Å². The molecular weight excluding hydrogens is 396 g/mol. The Hall–Kier alpha value is -2.18. The smallest absolute Gasteiger partial charge is 0.306 e. The van der Waals surface area contributed by atoms with Gasteiger partial charge in [0.25, 0.3) is 0 Å². The van der Waals surface area contributed by atoms with Crippen LogP contribution in [0.25, 0.3) is 0 Å². The lowest BCUT2D eigenvalue weighted by Gasteiger charge is -2.14. The lowest BCUT2D eigenvalue weighted by atomic mass is 10.1. The first-order valence-corrected chi connectivity index (χ1v) is 11.2. The normalized spacial score (nSPS) is 14.1. The maximum Gasteiger partial charge on any atom is 0.306 e. The number of allylic oxidation sites excluding steroid dienone is 6. The molecule has 176 valence electrons. The van der Waals surface area contributed by atoms with Crippen molar-refractivity contribution in [1.29, 1.82) is 0 Å². The second-order valence-corrected chi connectivity index (χ2v) is 7.28. The molecule has 0 aliphatic heterocycles. The second-order valence-electron chi connectivity index (χ2n) is 7.28. The SMILES string of the molecule is CCCCC/C=C\C[C@H](O)/C=C/C=C\C/C=C\CCCC(=O)O[C@@H](CO)COC(C)=O. The van der Waals surface area contributed by atoms with Crippen LogP contribution in [0.4, 0.5) is 0 Å². The number of aliphatic hydroxyl groups excluding tert-OH is 2. The van der Waals surface area contributed by atoms with E-state index in [2.05, 4.69) is 13.0 Å². The molecule has 0 radical (unpaired) electrons. The van der Waals surface area contributed by atoms with Gasteiger partial charge in [-0.3, -0.25) is 9.59 Å². The van der Waals surface area contributed by atoms with Crippen LogP contribution >= 0.6 is 0 Å². The van der Waals surface area contributed by atoms with E-state index in [0.717, 1.165) is 19.3 Å². The van der Waals surface area contributed by atoms with Gasteiger partial charge in [0.2, 0.25) is 0 Å². The van der Waals surface area contributed by atoms with E-state index in [9.17, 15) is 14.7 Å². The van der Waals surface area contributed by atoms with E-state index in [-0.39, 0.29) is 19.6 Å². The van der Waals surface area contributed by atoms with Gasteiger partial charge < -0.3 is 19.7 Å². The van der Waals surface area contributed by atoms with Crippen LogP contribution in [-0.4, -0.2) is 47.6 Å². The van der Waals surface area contributed by atoms with Crippen molar-refractivity contribution >= 4 is 11.9 Å². The predicted molar refractivity (Wildman–Crippen MR) is 123 cm³/mol. The van der Waals surface area contributed by atoms with Crippen LogP contribution in [0.3, 0.4) is 0 Å². The Morgan fingerprint density at radius 3 is 2.42 bits per heavy atom. The van der Waals surface area contributed by atoms with E-state index in [1.165, 1.54) is 26.2 Å². The van der Waals surface area contributed by atoms with Crippen molar-refractivity contribution in [3.05, 3.63) is 48.6 Å². The number of carbonyl (C=O) groups excluding carboxylic acids is 2. The zero-order valence-corrected chi connectivity index (χ0v) is 19.1. The molecule has 31 heavy (non-hydrogen) atoms. The van der Waals surface area contributed by atoms with E-state index >= 15 is 0 Å². The van der Waals surface area contributed by atoms with Gasteiger partial charge in [0.1, 0.15) is 6.61 Å². The second kappa shape index (κ2) is 21.1. The molecule has 0 saturated heterocycles. The fraction of sp³-hybridized carbons (Fsp3) is 0.600. The number of rotatable bonds is 18. The summed E-state index contributed by atoms with van der Waals surface area (Å²) in [5.41, 5.74) is 0. The first-order chi connectivity index (χ1) is 15.0. The zero-order valence-electron chi connectivity index (χ0n) is 19.1. The standard InChI is InChI=1S/C25H40O6/c1-3-4-5-6-11-14-17-23(28)18-15-12-9-7-8-10-13-16-19-25(29)31-24(20-26)21-30-22(2)27/h8-12,14-15,18,23-24,26,28H,3-7,13,16-17,19-21H2,1-2H3/b10-8-,12-9-,14-11-,18-15+/t23-,24-/m0/s1. The van der Waals surface area contributed by atoms with Gasteiger partial charge in [-0.05, 0) is 38.5 Å². The lowest BCUT2D eigenvalue weighted by Crippen LogP contribution is -2.28. The van der Waals surface area contributed by atoms with Crippen molar-refractivity contribution in [3.63, 3.8) is 0 Å². The Morgan fingerprint density at radius 2 is 1.71 bits per heavy atom. The number of hydrogen-bond donors (Lipinski definition) is 2. The van der Waals surface area contributed by atoms with Crippen molar-refractivity contribution in [2.45, 2.75) is 83.8 Å². The van der Waals surface area contributed by atoms with Crippen LogP contribution in [0, 0.1) is 0 Å². The average molecular weight is 437 g/mol. The molecule has 0 aliphatic carbocycles. The van der Waals surface area contributed by atoms with Crippen molar-refractivity contribution in [2.75, 3.05) is 13.2 Å². The van der Waals surface area contributed by atoms with Crippen LogP contribution in [0.15, 0.2) is 48.6 Å². The van der Waals surface area contributed by atoms with Crippen molar-refractivity contribution in [2.24, 2.45) is 0 Å². The van der Waals surface area contributed by atoms with Gasteiger partial charge in [-0.25, -0.2) is 0 Å². The van der Waals surface area contributed by atoms with Crippen LogP contribution in [0.1, 0.15) is 71.6 Å². The molecular formula is C25H40O6. The molecule has 0 rings (SSSR count). The van der Waals surface area contributed by atoms with E-state index < -0.39 is 24.1 Å². The first kappa shape index (κ1) is 28.8. The summed E-state index contributed by atoms with van der Waals surface area (Å²) in [6, 6.07) is 0. The highest BCUT2D eigenvalue weighted by molar-refractivity contribution is 5.69. The highest BCUT2D eigenvalue weighted by Crippen LogP contribution is 2.04. The maximum absolute atomic E-state index is 11.7. The number of esters is 2. The minimum atomic E-state index is -0.814. The van der Waals surface area contributed by atoms with Gasteiger partial charge in [0, 0.05) is 13.3 Å². The third kappa shape index (κ3) is 20.9. The topological polar surface area (TPSA) is 93.1 Å². The third-order valence-electron chi connectivity index (χ3n) is 4.26. The minimum absolute atomic E-state index is 0.134. The Labute approximate surface area is 187 Å². The molecule has 0 spiro atoms. The molecule has 0 bridgehead atoms. The highest BCUT2D eigenvalue weighted by atomic mass is 16.6. The van der Waals surface area contributed by atoms with Crippen LogP contribution < -0.4 is 0 Å². The maximum atomic E-state index is 11.7. The molecule has 0 aliphatic rings. The minimum Gasteiger partial charge on any atom is -0.462 e. The molecule has 6 nitrogen and oxygen atoms in total. The predicted octanol–water partition coefficient (Wildman–Crippen LogP) is 4.57. The molecule has 0 unspecified atom stereocenters. The lowest BCUT2D eigenvalue weighted by molar-refractivity contribution is -0.160. The molecule has 0 fully saturated rings. The molecule has 0 aromatic carbocycles. The fourth-order valence-corrected chi connectivity index (χ4v) is 2.53. The quantitative estimate of drug-likeness (QED) is 0.141. The number of hydrogen-bond acceptors (Lipinski definition) is 6. The summed E-state index contributed by atoms with van der Waals surface area (Å²) >= 11 is 0. The molecule has 0 saturated carbocycles. The van der Waals surface area contributed by atoms with Crippen molar-refractivity contribution in [1.82, 2.24) is 0 Å². The Balaban J connectivity index is 3.80. The molecule has 0 amide bonds. The van der Waals surface area contributed by atoms with E-state index in [4.69, 9.17) is 14.6 Å². The summed E-state index contributed by atoms with van der Waals surface area (Å²) in [5.74, 6) is -0.898. The summed E-state index contributed by atoms with van der Waals surface area (Å²) < 4.78 is 9.78. The third-order valence-corrected chi connectivity index (χ3v) is 4.26. The largest absolute Gasteiger partial charge is 0.462 e. The van der Waals surface area contributed by atoms with Gasteiger partial charge in [-0.15, -0.1) is 0 Å². The van der Waals surface area contributed by atoms with Crippen LogP contribution in [-0.2, 0) is 19.1 Å². The summed E-state index contributed by atoms with van der Waals surface area (Å²) in [4.78, 5) is 22.4. The van der Waals surface area contributed by atoms with E-state index in [0.29, 0.717) is 12.8 Å². The average Bonchev–Trinajstić information content (AvgIpc) is 2.74. The monoisotopic (exact) mass is 436 g/mol. The van der Waals surface area contributed by atoms with Gasteiger partial charge in [0.15, 0.2) is 6.10 Å². The summed E-state index contributed by atoms with van der Waals surface area (Å²) in [5, 5.41) is 19.0. The van der Waals surface area contributed by atoms with Crippen LogP contribution in [0.2, 0.25) is 0 Å². The first-order valence-electron chi connectivity index (χ1n) is 11.2. The molecule has 0 aromatic heterocycles. The summed E-state index contributed by atoms with van der Waals surface area (Å²) in [7, 11) is 0. The molecule has 0 aromatic rings. The highest BCUT2D eigenvalue weighted by Gasteiger charge is 2.14. The number of aliphatic hydroxyl groups is 2. The van der Waals surface area contributed by atoms with Gasteiger partial charge >= 0.3 is 11.9 Å².